The number of H-pyrrole nitrogens is 3. The molecule has 0 amide bonds. The van der Waals surface area contributed by atoms with Crippen LogP contribution in [0.4, 0.5) is 43.7 Å². The SMILES string of the molecule is Nc1nc2c(nnn2[C@@H]2O[C@@H]3COP(O)(=S)O[C@H]4C[C@H](n5ccc6c(N)ccnc65)O[C@@H]4COP(=O)(S)O[C@H]2C3)c(=O)[nH]1.Nc1nc2c(nnn2[C@@H]2O[C@@H]3COP(O)(=S)O[C@H]4C[C@H](n5ccc6c(N)ccnc65)O[C@@H]4COP(O)(=S)O[C@H]2C3)c(=O)[nH]1.Nc1nc2c(nnn2[C@@H]2O[C@@H]3COP(O)(=S)O[C@H]4[C@H](F)[C@H](n5nnc6c(N)ccnc65)O[C@@H]4COP(O)(=S)O[C@H]2[C@@H]3F)c(=O)[nH]1. The van der Waals surface area contributed by atoms with Crippen molar-refractivity contribution < 1.29 is 121 Å². The van der Waals surface area contributed by atoms with Crippen LogP contribution in [0, 0.1) is 0 Å². The van der Waals surface area contributed by atoms with E-state index in [0.29, 0.717) is 22.7 Å². The van der Waals surface area contributed by atoms with Crippen molar-refractivity contribution in [2.24, 2.45) is 0 Å². The van der Waals surface area contributed by atoms with Gasteiger partial charge >= 0.3 is 40.4 Å². The second-order valence-corrected chi connectivity index (χ2v) is 46.9. The Bertz CT molecular complexity index is 6710. The topological polar surface area (TPSA) is 749 Å². The fourth-order valence-corrected chi connectivity index (χ4v) is 24.5. The first-order chi connectivity index (χ1) is 62.2. The Morgan fingerprint density at radius 3 is 1.24 bits per heavy atom. The van der Waals surface area contributed by atoms with E-state index < -0.39 is 193 Å². The number of halogens is 2. The molecule has 20 N–H and O–H groups in total. The number of ether oxygens (including phenoxy) is 6. The van der Waals surface area contributed by atoms with Gasteiger partial charge in [-0.3, -0.25) is 47.4 Å². The molecule has 9 saturated heterocycles. The molecule has 21 heterocycles. The van der Waals surface area contributed by atoms with Gasteiger partial charge in [0.05, 0.1) is 69.7 Å². The Hall–Kier alpha value is -7.66. The summed E-state index contributed by atoms with van der Waals surface area (Å²) in [6, 6.07) is 8.49. The molecule has 0 aliphatic carbocycles. The molecule has 9 aliphatic rings. The van der Waals surface area contributed by atoms with E-state index >= 15 is 8.78 Å². The number of nitrogens with zero attached hydrogens (tertiary/aromatic N) is 20. The lowest BCUT2D eigenvalue weighted by Gasteiger charge is -2.27. The number of anilines is 6. The molecule has 0 spiro atoms. The number of aromatic amines is 3. The predicted octanol–water partition coefficient (Wildman–Crippen LogP) is 1.17. The van der Waals surface area contributed by atoms with Gasteiger partial charge in [-0.25, -0.2) is 28.3 Å². The molecule has 26 atom stereocenters. The molecule has 21 rings (SSSR count). The number of nitrogen functional groups attached to an aromatic ring is 6. The number of rotatable bonds is 6. The van der Waals surface area contributed by atoms with Gasteiger partial charge in [0, 0.05) is 78.8 Å². The highest BCUT2D eigenvalue weighted by Gasteiger charge is 2.56. The third kappa shape index (κ3) is 18.9. The second-order valence-electron chi connectivity index (χ2n) is 30.1. The zero-order valence-electron chi connectivity index (χ0n) is 65.9. The number of fused-ring (bicyclic) bond motifs is 15. The lowest BCUT2D eigenvalue weighted by atomic mass is 10.1. The van der Waals surface area contributed by atoms with E-state index in [2.05, 4.69) is 98.4 Å². The molecule has 0 saturated carbocycles. The number of hydrogen-bond acceptors (Lipinski definition) is 47. The maximum absolute atomic E-state index is 16.0. The highest BCUT2D eigenvalue weighted by atomic mass is 32.7. The van der Waals surface area contributed by atoms with Crippen LogP contribution in [0.5, 0.6) is 0 Å². The third-order valence-electron chi connectivity index (χ3n) is 21.6. The molecule has 0 radical (unpaired) electrons. The molecule has 131 heavy (non-hydrogen) atoms. The summed E-state index contributed by atoms with van der Waals surface area (Å²) in [5.41, 5.74) is 35.4. The number of pyridine rings is 3. The molecule has 702 valence electrons. The van der Waals surface area contributed by atoms with Gasteiger partial charge in [0.15, 0.2) is 81.9 Å². The molecule has 9 fully saturated rings. The fourth-order valence-electron chi connectivity index (χ4n) is 15.8. The van der Waals surface area contributed by atoms with Gasteiger partial charge in [0.2, 0.25) is 17.8 Å². The molecule has 6 bridgehead atoms. The van der Waals surface area contributed by atoms with Gasteiger partial charge in [-0.2, -0.15) is 33.7 Å². The summed E-state index contributed by atoms with van der Waals surface area (Å²) in [7, 11) is 0. The fraction of sp³-hybridized carbons (Fsp3) is 0.492. The highest BCUT2D eigenvalue weighted by molar-refractivity contribution is 8.44. The van der Waals surface area contributed by atoms with E-state index in [1.54, 1.807) is 46.1 Å². The van der Waals surface area contributed by atoms with Crippen LogP contribution in [0.15, 0.2) is 75.7 Å². The van der Waals surface area contributed by atoms with Gasteiger partial charge < -0.3 is 133 Å². The zero-order chi connectivity index (χ0) is 92.0. The third-order valence-corrected chi connectivity index (χ3v) is 31.1. The zero-order valence-corrected chi connectivity index (χ0v) is 76.3. The van der Waals surface area contributed by atoms with Gasteiger partial charge in [0.1, 0.15) is 72.6 Å². The summed E-state index contributed by atoms with van der Waals surface area (Å²) in [4.78, 5) is 124. The minimum atomic E-state index is -4.38. The number of nitrogens with two attached hydrogens (primary N) is 6. The molecular formula is C61H71F2N29O27P6S6. The molecular weight excluding hydrogens is 1990 g/mol. The van der Waals surface area contributed by atoms with Crippen molar-refractivity contribution in [3.05, 3.63) is 92.4 Å². The van der Waals surface area contributed by atoms with E-state index in [-0.39, 0.29) is 120 Å². The van der Waals surface area contributed by atoms with Crippen molar-refractivity contribution in [3.63, 3.8) is 0 Å². The van der Waals surface area contributed by atoms with Gasteiger partial charge in [-0.15, -0.1) is 20.4 Å². The lowest BCUT2D eigenvalue weighted by Crippen LogP contribution is -2.34. The first-order valence-electron chi connectivity index (χ1n) is 38.6. The highest BCUT2D eigenvalue weighted by Crippen LogP contribution is 2.61. The normalized spacial score (nSPS) is 36.2. The maximum atomic E-state index is 16.0. The van der Waals surface area contributed by atoms with Crippen LogP contribution >= 0.6 is 52.6 Å². The Labute approximate surface area is 758 Å². The Morgan fingerprint density at radius 1 is 0.389 bits per heavy atom. The molecule has 0 aromatic carbocycles. The maximum Gasteiger partial charge on any atom is 0.386 e. The van der Waals surface area contributed by atoms with Crippen LogP contribution in [-0.2, 0) is 146 Å². The van der Waals surface area contributed by atoms with Crippen LogP contribution in [0.3, 0.4) is 0 Å². The number of nitrogens with one attached hydrogen (secondary N) is 3. The first-order valence-corrected chi connectivity index (χ1v) is 54.2. The molecule has 9 aliphatic heterocycles. The van der Waals surface area contributed by atoms with Crippen molar-refractivity contribution in [1.82, 2.24) is 114 Å². The minimum Gasteiger partial charge on any atom is -0.398 e. The van der Waals surface area contributed by atoms with Crippen molar-refractivity contribution in [1.29, 1.82) is 0 Å². The first kappa shape index (κ1) is 92.4. The standard InChI is InChI=1S/2C21H25N9O9P2S2.C19H21F2N11O9P2S2/c2*22-11-1-3-24-17-10(11)2-4-29(17)15-6-12-14(37-15)8-35-41(33,43)39-13-5-9(7-34-40(32,42)38-12)36-20(13)30-18-16(27-28-30)19(31)26-21(23)25-18;20-8-6-3-36-42(34,44)40-12-7(39-17(9(12)21)31-14-10(27-29-31)5(22)1-2-24-14)4-37-43(35,45)41-13(8)18(38-6)32-15-11(28-30-32)16(33)26-19(23)25-15/h2*1-4,9,12-15,20H,5-8H2,(H2,22,24)(H,32,42)(H,33,43)(H3,23,25,26,31);1-2,6-9,12-13,17-18H,3-4H2,(H2,22,24)(H,34,44)(H,35,45)(H3,23,25,26,33)/t2*9-,12-,13-,14+,15+,20+,40?,41?;6-,7-,8-,9+,12-,13+,17-,18-,42?,43?/m001/s1. The van der Waals surface area contributed by atoms with E-state index in [4.69, 9.17) is 176 Å². The summed E-state index contributed by atoms with van der Waals surface area (Å²) < 4.78 is 157. The summed E-state index contributed by atoms with van der Waals surface area (Å²) in [6.07, 6.45) is -15.0. The van der Waals surface area contributed by atoms with Gasteiger partial charge in [-0.05, 0) is 89.4 Å². The molecule has 12 aromatic heterocycles. The van der Waals surface area contributed by atoms with Crippen LogP contribution in [-0.4, -0.2) is 264 Å². The van der Waals surface area contributed by atoms with Crippen molar-refractivity contribution in [2.75, 3.05) is 74.0 Å². The quantitative estimate of drug-likeness (QED) is 0.0820. The smallest absolute Gasteiger partial charge is 0.386 e. The number of alkyl halides is 2. The van der Waals surface area contributed by atoms with Crippen LogP contribution in [0.1, 0.15) is 63.1 Å². The molecule has 12 aromatic rings. The largest absolute Gasteiger partial charge is 0.398 e. The Balaban J connectivity index is 0.000000127. The average Bonchev–Trinajstić information content (AvgIpc) is 1.62. The monoisotopic (exact) mass is 2060 g/mol. The number of hydrogen-bond donors (Lipinski definition) is 15. The van der Waals surface area contributed by atoms with E-state index in [1.165, 1.54) is 21.6 Å². The van der Waals surface area contributed by atoms with Gasteiger partial charge in [0.25, 0.3) is 16.7 Å². The van der Waals surface area contributed by atoms with Gasteiger partial charge in [-0.1, -0.05) is 33.1 Å². The van der Waals surface area contributed by atoms with E-state index in [9.17, 15) is 43.4 Å². The van der Waals surface area contributed by atoms with Crippen LogP contribution < -0.4 is 51.1 Å². The minimum absolute atomic E-state index is 0.00933. The lowest BCUT2D eigenvalue weighted by molar-refractivity contribution is -0.0652. The number of thiol groups is 1. The van der Waals surface area contributed by atoms with E-state index in [1.807, 2.05) is 12.1 Å². The average molecular weight is 2060 g/mol. The van der Waals surface area contributed by atoms with Crippen LogP contribution in [0.2, 0.25) is 0 Å². The summed E-state index contributed by atoms with van der Waals surface area (Å²) in [5, 5.41) is 32.5. The van der Waals surface area contributed by atoms with Crippen LogP contribution in [0.25, 0.3) is 66.7 Å². The predicted molar refractivity (Wildman–Crippen MR) is 465 cm³/mol. The van der Waals surface area contributed by atoms with Crippen molar-refractivity contribution >= 4 is 213 Å². The Kier molecular flexibility index (Phi) is 25.2. The summed E-state index contributed by atoms with van der Waals surface area (Å²) in [5.74, 6) is -0.631. The Morgan fingerprint density at radius 2 is 0.763 bits per heavy atom. The van der Waals surface area contributed by atoms with E-state index in [0.717, 1.165) is 20.1 Å². The molecule has 56 nitrogen and oxygen atoms in total. The summed E-state index contributed by atoms with van der Waals surface area (Å²) in [6.45, 7) is -26.8. The summed E-state index contributed by atoms with van der Waals surface area (Å²) >= 11 is 30.4. The molecule has 70 heteroatoms. The molecule has 6 unspecified atom stereocenters. The van der Waals surface area contributed by atoms with Crippen molar-refractivity contribution in [2.45, 2.75) is 149 Å². The van der Waals surface area contributed by atoms with Crippen molar-refractivity contribution in [3.8, 4) is 0 Å². The second kappa shape index (κ2) is 35.8. The number of aromatic nitrogens is 23.